The van der Waals surface area contributed by atoms with Crippen LogP contribution in [0.2, 0.25) is 0 Å². The van der Waals surface area contributed by atoms with Crippen molar-refractivity contribution in [2.24, 2.45) is 0 Å². The summed E-state index contributed by atoms with van der Waals surface area (Å²) in [5.74, 6) is 3.06. The molecule has 0 spiro atoms. The van der Waals surface area contributed by atoms with E-state index >= 15 is 0 Å². The van der Waals surface area contributed by atoms with E-state index in [9.17, 15) is 0 Å². The average molecular weight is 823 g/mol. The van der Waals surface area contributed by atoms with E-state index in [1.165, 1.54) is 0 Å². The summed E-state index contributed by atoms with van der Waals surface area (Å²) >= 11 is 0. The predicted octanol–water partition coefficient (Wildman–Crippen LogP) is 7.62. The molecule has 0 amide bonds. The number of fused-ring (bicyclic) bond motifs is 8. The molecular formula is C48H36ClMnN4O4. The normalized spacial score (nSPS) is 11.4. The molecule has 0 unspecified atom stereocenters. The summed E-state index contributed by atoms with van der Waals surface area (Å²) in [6.07, 6.45) is 8.23. The van der Waals surface area contributed by atoms with E-state index < -0.39 is 0 Å². The molecule has 2 aliphatic heterocycles. The Morgan fingerprint density at radius 2 is 0.534 bits per heavy atom. The van der Waals surface area contributed by atoms with Crippen molar-refractivity contribution in [3.05, 3.63) is 144 Å². The summed E-state index contributed by atoms with van der Waals surface area (Å²) in [5, 5.41) is 0. The monoisotopic (exact) mass is 822 g/mol. The number of halogens is 1. The van der Waals surface area contributed by atoms with Crippen molar-refractivity contribution in [2.75, 3.05) is 28.4 Å². The fourth-order valence-electron chi connectivity index (χ4n) is 7.30. The van der Waals surface area contributed by atoms with Gasteiger partial charge in [-0.1, -0.05) is 72.8 Å². The van der Waals surface area contributed by atoms with Gasteiger partial charge in [-0.25, -0.2) is 9.97 Å². The maximum absolute atomic E-state index is 5.52. The predicted molar refractivity (Wildman–Crippen MR) is 225 cm³/mol. The zero-order valence-corrected chi connectivity index (χ0v) is 34.0. The van der Waals surface area contributed by atoms with Gasteiger partial charge in [-0.15, -0.1) is 22.1 Å². The first-order valence-electron chi connectivity index (χ1n) is 18.2. The largest absolute Gasteiger partial charge is 3.00 e. The van der Waals surface area contributed by atoms with Crippen LogP contribution in [-0.2, 0) is 17.1 Å². The maximum atomic E-state index is 5.52. The van der Waals surface area contributed by atoms with Gasteiger partial charge in [-0.05, 0) is 117 Å². The van der Waals surface area contributed by atoms with Gasteiger partial charge in [-0.2, -0.15) is 0 Å². The van der Waals surface area contributed by atoms with E-state index in [0.717, 1.165) is 112 Å². The third kappa shape index (κ3) is 7.39. The van der Waals surface area contributed by atoms with Crippen molar-refractivity contribution in [3.8, 4) is 67.5 Å². The number of nitrogens with zero attached hydrogens (tertiary/aromatic N) is 4. The van der Waals surface area contributed by atoms with Gasteiger partial charge in [-0.3, -0.25) is 0 Å². The SMILES string of the molecule is COc1ccc(-c2c3nc(c(-c4ccc(OC)cc4)c4ccc([n-]4)c(-c4ccc(OC)cc4)c4nc(c(-c5ccc(OC)cc5)c5ccc2[n-]5)C=C4)C=C3)cc1.[Cl-].[Mn+3]. The third-order valence-corrected chi connectivity index (χ3v) is 10.1. The molecule has 3 aromatic heterocycles. The first kappa shape index (κ1) is 39.7. The molecule has 286 valence electrons. The second-order valence-electron chi connectivity index (χ2n) is 13.3. The summed E-state index contributed by atoms with van der Waals surface area (Å²) in [6, 6.07) is 40.3. The Balaban J connectivity index is 0.00000256. The van der Waals surface area contributed by atoms with Crippen molar-refractivity contribution >= 4 is 46.4 Å². The number of methoxy groups -OCH3 is 4. The minimum Gasteiger partial charge on any atom is -1.00 e. The Bertz CT molecular complexity index is 2450. The number of ether oxygens (including phenoxy) is 4. The zero-order chi connectivity index (χ0) is 38.2. The molecule has 8 bridgehead atoms. The molecule has 0 fully saturated rings. The zero-order valence-electron chi connectivity index (χ0n) is 32.0. The van der Waals surface area contributed by atoms with E-state index in [1.54, 1.807) is 28.4 Å². The molecule has 0 atom stereocenters. The quantitative estimate of drug-likeness (QED) is 0.145. The molecular weight excluding hydrogens is 787 g/mol. The Morgan fingerprint density at radius 3 is 0.724 bits per heavy atom. The number of rotatable bonds is 8. The van der Waals surface area contributed by atoms with Crippen LogP contribution in [0.3, 0.4) is 0 Å². The number of hydrogen-bond acceptors (Lipinski definition) is 6. The maximum Gasteiger partial charge on any atom is 3.00 e. The van der Waals surface area contributed by atoms with Crippen LogP contribution in [0, 0.1) is 0 Å². The van der Waals surface area contributed by atoms with Gasteiger partial charge in [0.15, 0.2) is 0 Å². The molecule has 0 saturated carbocycles. The Hall–Kier alpha value is -6.51. The molecule has 8 nitrogen and oxygen atoms in total. The van der Waals surface area contributed by atoms with Gasteiger partial charge in [0.25, 0.3) is 0 Å². The number of aromatic nitrogens is 4. The van der Waals surface area contributed by atoms with E-state index in [-0.39, 0.29) is 29.5 Å². The minimum atomic E-state index is 0. The first-order valence-corrected chi connectivity index (χ1v) is 18.2. The van der Waals surface area contributed by atoms with Gasteiger partial charge in [0.1, 0.15) is 23.0 Å². The second kappa shape index (κ2) is 16.9. The number of hydrogen-bond donors (Lipinski definition) is 0. The summed E-state index contributed by atoms with van der Waals surface area (Å²) in [6.45, 7) is 0. The van der Waals surface area contributed by atoms with E-state index in [0.29, 0.717) is 0 Å². The summed E-state index contributed by atoms with van der Waals surface area (Å²) in [4.78, 5) is 21.4. The van der Waals surface area contributed by atoms with Crippen molar-refractivity contribution in [2.45, 2.75) is 0 Å². The van der Waals surface area contributed by atoms with Crippen LogP contribution in [0.1, 0.15) is 22.8 Å². The van der Waals surface area contributed by atoms with Crippen LogP contribution >= 0.6 is 0 Å². The Labute approximate surface area is 353 Å². The third-order valence-electron chi connectivity index (χ3n) is 10.1. The van der Waals surface area contributed by atoms with E-state index in [4.69, 9.17) is 38.9 Å². The molecule has 10 heteroatoms. The van der Waals surface area contributed by atoms with Crippen LogP contribution in [0.4, 0.5) is 0 Å². The van der Waals surface area contributed by atoms with Crippen molar-refractivity contribution < 1.29 is 48.4 Å². The summed E-state index contributed by atoms with van der Waals surface area (Å²) in [7, 11) is 6.67. The fourth-order valence-corrected chi connectivity index (χ4v) is 7.30. The molecule has 0 aliphatic carbocycles. The van der Waals surface area contributed by atoms with Crippen molar-refractivity contribution in [1.82, 2.24) is 19.9 Å². The Morgan fingerprint density at radius 1 is 0.328 bits per heavy atom. The number of benzene rings is 4. The molecule has 5 heterocycles. The van der Waals surface area contributed by atoms with Gasteiger partial charge >= 0.3 is 17.1 Å². The topological polar surface area (TPSA) is 90.9 Å². The second-order valence-corrected chi connectivity index (χ2v) is 13.3. The summed E-state index contributed by atoms with van der Waals surface area (Å²) < 4.78 is 22.1. The molecule has 0 radical (unpaired) electrons. The fraction of sp³-hybridized carbons (Fsp3) is 0.0833. The average Bonchev–Trinajstić information content (AvgIpc) is 4.10. The van der Waals surface area contributed by atoms with Crippen molar-refractivity contribution in [3.63, 3.8) is 0 Å². The molecule has 9 rings (SSSR count). The van der Waals surface area contributed by atoms with E-state index in [2.05, 4.69) is 48.6 Å². The molecule has 0 saturated heterocycles. The van der Waals surface area contributed by atoms with Crippen LogP contribution in [0.5, 0.6) is 23.0 Å². The Kier molecular flexibility index (Phi) is 11.6. The summed E-state index contributed by atoms with van der Waals surface area (Å²) in [5.41, 5.74) is 13.7. The molecule has 2 aliphatic rings. The van der Waals surface area contributed by atoms with Crippen LogP contribution in [0.25, 0.3) is 90.9 Å². The standard InChI is InChI=1S/C48H36N4O4.ClH.Mn/c1-53-33-13-5-29(6-14-33)45-37-21-23-39(49-37)46(30-7-15-34(54-2)16-8-30)41-25-27-43(51-41)48(32-11-19-36(56-4)20-12-32)44-28-26-42(52-44)47(40-24-22-38(45)50-40)31-9-17-35(55-3)18-10-31;;/h5-28H,1-4H3;1H;/q-2;;+3/p-1. The molecule has 58 heavy (non-hydrogen) atoms. The van der Waals surface area contributed by atoms with Gasteiger partial charge in [0.2, 0.25) is 0 Å². The molecule has 7 aromatic rings. The molecule has 0 N–H and O–H groups in total. The van der Waals surface area contributed by atoms with E-state index in [1.807, 2.05) is 97.1 Å². The van der Waals surface area contributed by atoms with Crippen LogP contribution < -0.4 is 41.3 Å². The van der Waals surface area contributed by atoms with Gasteiger partial charge in [0.05, 0.1) is 51.2 Å². The molecule has 4 aromatic carbocycles. The smallest absolute Gasteiger partial charge is 1.00 e. The van der Waals surface area contributed by atoms with Crippen LogP contribution in [-0.4, -0.2) is 38.4 Å². The van der Waals surface area contributed by atoms with Crippen LogP contribution in [0.15, 0.2) is 121 Å². The van der Waals surface area contributed by atoms with Gasteiger partial charge in [0, 0.05) is 0 Å². The van der Waals surface area contributed by atoms with Gasteiger partial charge < -0.3 is 41.3 Å². The van der Waals surface area contributed by atoms with Crippen molar-refractivity contribution in [1.29, 1.82) is 0 Å². The minimum absolute atomic E-state index is 0. The first-order chi connectivity index (χ1) is 27.5.